The maximum absolute atomic E-state index is 13.7. The van der Waals surface area contributed by atoms with Gasteiger partial charge in [0, 0.05) is 17.3 Å². The molecule has 0 saturated heterocycles. The van der Waals surface area contributed by atoms with Crippen LogP contribution in [0.25, 0.3) is 0 Å². The van der Waals surface area contributed by atoms with Gasteiger partial charge in [0.1, 0.15) is 11.9 Å². The fourth-order valence-corrected chi connectivity index (χ4v) is 1.80. The molecule has 1 unspecified atom stereocenters. The van der Waals surface area contributed by atoms with Crippen molar-refractivity contribution in [3.05, 3.63) is 59.4 Å². The molecular formula is C15H15F2NO2. The second-order valence-electron chi connectivity index (χ2n) is 4.35. The molecule has 0 aliphatic rings. The summed E-state index contributed by atoms with van der Waals surface area (Å²) in [7, 11) is 0. The zero-order valence-corrected chi connectivity index (χ0v) is 11.0. The zero-order chi connectivity index (χ0) is 14.5. The molecule has 2 aromatic rings. The van der Waals surface area contributed by atoms with E-state index in [0.29, 0.717) is 17.9 Å². The second-order valence-corrected chi connectivity index (χ2v) is 4.35. The Kier molecular flexibility index (Phi) is 4.63. The van der Waals surface area contributed by atoms with E-state index in [1.807, 2.05) is 6.92 Å². The van der Waals surface area contributed by atoms with Gasteiger partial charge in [-0.2, -0.15) is 0 Å². The van der Waals surface area contributed by atoms with Gasteiger partial charge in [0.05, 0.1) is 12.8 Å². The average molecular weight is 279 g/mol. The van der Waals surface area contributed by atoms with Crippen molar-refractivity contribution in [3.63, 3.8) is 0 Å². The van der Waals surface area contributed by atoms with Crippen LogP contribution in [0.1, 0.15) is 30.6 Å². The van der Waals surface area contributed by atoms with Gasteiger partial charge in [0.15, 0.2) is 11.6 Å². The fourth-order valence-electron chi connectivity index (χ4n) is 1.80. The van der Waals surface area contributed by atoms with Gasteiger partial charge in [0.2, 0.25) is 0 Å². The van der Waals surface area contributed by atoms with Crippen molar-refractivity contribution in [2.75, 3.05) is 6.61 Å². The average Bonchev–Trinajstić information content (AvgIpc) is 2.47. The van der Waals surface area contributed by atoms with Gasteiger partial charge >= 0.3 is 0 Å². The molecule has 106 valence electrons. The molecule has 1 N–H and O–H groups in total. The Balaban J connectivity index is 2.28. The van der Waals surface area contributed by atoms with E-state index >= 15 is 0 Å². The fraction of sp³-hybridized carbons (Fsp3) is 0.267. The molecular weight excluding hydrogens is 264 g/mol. The number of hydrogen-bond donors (Lipinski definition) is 1. The van der Waals surface area contributed by atoms with Gasteiger partial charge < -0.3 is 9.84 Å². The predicted octanol–water partition coefficient (Wildman–Crippen LogP) is 3.23. The first kappa shape index (κ1) is 14.4. The monoisotopic (exact) mass is 279 g/mol. The zero-order valence-electron chi connectivity index (χ0n) is 11.0. The summed E-state index contributed by atoms with van der Waals surface area (Å²) in [5.41, 5.74) is 0.225. The Labute approximate surface area is 115 Å². The highest BCUT2D eigenvalue weighted by Crippen LogP contribution is 2.27. The molecule has 1 aromatic heterocycles. The number of pyridine rings is 1. The van der Waals surface area contributed by atoms with E-state index in [9.17, 15) is 13.9 Å². The molecule has 0 spiro atoms. The first-order chi connectivity index (χ1) is 9.63. The van der Waals surface area contributed by atoms with Crippen LogP contribution >= 0.6 is 0 Å². The third-order valence-corrected chi connectivity index (χ3v) is 2.80. The van der Waals surface area contributed by atoms with Crippen LogP contribution in [-0.4, -0.2) is 16.7 Å². The maximum Gasteiger partial charge on any atom is 0.164 e. The van der Waals surface area contributed by atoms with Gasteiger partial charge in [-0.15, -0.1) is 0 Å². The molecule has 0 radical (unpaired) electrons. The number of benzene rings is 1. The Morgan fingerprint density at radius 1 is 1.30 bits per heavy atom. The highest BCUT2D eigenvalue weighted by molar-refractivity contribution is 5.33. The number of rotatable bonds is 5. The van der Waals surface area contributed by atoms with Gasteiger partial charge in [-0.1, -0.05) is 19.1 Å². The second kappa shape index (κ2) is 6.43. The van der Waals surface area contributed by atoms with E-state index in [1.54, 1.807) is 6.07 Å². The Morgan fingerprint density at radius 3 is 2.85 bits per heavy atom. The van der Waals surface area contributed by atoms with E-state index in [0.717, 1.165) is 12.5 Å². The van der Waals surface area contributed by atoms with Crippen molar-refractivity contribution >= 4 is 0 Å². The van der Waals surface area contributed by atoms with Crippen molar-refractivity contribution in [1.29, 1.82) is 0 Å². The first-order valence-electron chi connectivity index (χ1n) is 6.33. The van der Waals surface area contributed by atoms with E-state index in [2.05, 4.69) is 4.98 Å². The minimum Gasteiger partial charge on any atom is -0.492 e. The minimum absolute atomic E-state index is 0.126. The smallest absolute Gasteiger partial charge is 0.164 e. The lowest BCUT2D eigenvalue weighted by atomic mass is 10.0. The summed E-state index contributed by atoms with van der Waals surface area (Å²) >= 11 is 0. The summed E-state index contributed by atoms with van der Waals surface area (Å²) in [4.78, 5) is 3.94. The van der Waals surface area contributed by atoms with Crippen molar-refractivity contribution in [3.8, 4) is 5.75 Å². The third kappa shape index (κ3) is 3.11. The van der Waals surface area contributed by atoms with Crippen LogP contribution in [-0.2, 0) is 0 Å². The lowest BCUT2D eigenvalue weighted by Gasteiger charge is -2.13. The summed E-state index contributed by atoms with van der Waals surface area (Å²) < 4.78 is 32.2. The van der Waals surface area contributed by atoms with Crippen LogP contribution in [0.15, 0.2) is 36.7 Å². The molecule has 0 aliphatic carbocycles. The van der Waals surface area contributed by atoms with E-state index in [4.69, 9.17) is 4.74 Å². The number of aromatic nitrogens is 1. The standard InChI is InChI=1S/C15H15F2NO2/c1-2-6-20-11-7-10(8-18-9-11)15(19)12-4-3-5-13(16)14(12)17/h3-5,7-9,15,19H,2,6H2,1H3. The van der Waals surface area contributed by atoms with Crippen molar-refractivity contribution in [1.82, 2.24) is 4.98 Å². The lowest BCUT2D eigenvalue weighted by Crippen LogP contribution is -2.05. The van der Waals surface area contributed by atoms with E-state index < -0.39 is 17.7 Å². The van der Waals surface area contributed by atoms with Crippen LogP contribution in [0.4, 0.5) is 8.78 Å². The Hall–Kier alpha value is -2.01. The first-order valence-corrected chi connectivity index (χ1v) is 6.33. The Bertz CT molecular complexity index is 590. The molecule has 0 saturated carbocycles. The lowest BCUT2D eigenvalue weighted by molar-refractivity contribution is 0.212. The van der Waals surface area contributed by atoms with E-state index in [1.165, 1.54) is 24.5 Å². The molecule has 1 aromatic carbocycles. The van der Waals surface area contributed by atoms with Crippen LogP contribution in [0.2, 0.25) is 0 Å². The van der Waals surface area contributed by atoms with Crippen LogP contribution < -0.4 is 4.74 Å². The summed E-state index contributed by atoms with van der Waals surface area (Å²) in [6.07, 6.45) is 2.45. The maximum atomic E-state index is 13.7. The molecule has 1 atom stereocenters. The van der Waals surface area contributed by atoms with Crippen molar-refractivity contribution < 1.29 is 18.6 Å². The quantitative estimate of drug-likeness (QED) is 0.913. The highest BCUT2D eigenvalue weighted by atomic mass is 19.2. The van der Waals surface area contributed by atoms with Crippen molar-refractivity contribution in [2.24, 2.45) is 0 Å². The SMILES string of the molecule is CCCOc1cncc(C(O)c2cccc(F)c2F)c1. The molecule has 0 fully saturated rings. The third-order valence-electron chi connectivity index (χ3n) is 2.80. The summed E-state index contributed by atoms with van der Waals surface area (Å²) in [6, 6.07) is 5.26. The van der Waals surface area contributed by atoms with Crippen LogP contribution in [0.5, 0.6) is 5.75 Å². The van der Waals surface area contributed by atoms with Gasteiger partial charge in [-0.3, -0.25) is 4.98 Å². The molecule has 0 aliphatic heterocycles. The molecule has 20 heavy (non-hydrogen) atoms. The molecule has 3 nitrogen and oxygen atoms in total. The molecule has 2 rings (SSSR count). The molecule has 0 amide bonds. The number of hydrogen-bond acceptors (Lipinski definition) is 3. The van der Waals surface area contributed by atoms with Crippen molar-refractivity contribution in [2.45, 2.75) is 19.4 Å². The van der Waals surface area contributed by atoms with Gasteiger partial charge in [0.25, 0.3) is 0 Å². The molecule has 0 bridgehead atoms. The number of aliphatic hydroxyl groups is 1. The molecule has 1 heterocycles. The summed E-state index contributed by atoms with van der Waals surface area (Å²) in [5.74, 6) is -1.56. The Morgan fingerprint density at radius 2 is 2.10 bits per heavy atom. The minimum atomic E-state index is -1.29. The predicted molar refractivity (Wildman–Crippen MR) is 70.4 cm³/mol. The van der Waals surface area contributed by atoms with Crippen LogP contribution in [0, 0.1) is 11.6 Å². The topological polar surface area (TPSA) is 42.4 Å². The number of halogens is 2. The highest BCUT2D eigenvalue weighted by Gasteiger charge is 2.18. The molecule has 5 heteroatoms. The number of ether oxygens (including phenoxy) is 1. The number of nitrogens with zero attached hydrogens (tertiary/aromatic N) is 1. The summed E-state index contributed by atoms with van der Waals surface area (Å²) in [5, 5.41) is 10.1. The van der Waals surface area contributed by atoms with Crippen LogP contribution in [0.3, 0.4) is 0 Å². The largest absolute Gasteiger partial charge is 0.492 e. The normalized spacial score (nSPS) is 12.2. The van der Waals surface area contributed by atoms with Gasteiger partial charge in [-0.05, 0) is 18.6 Å². The number of aliphatic hydroxyl groups excluding tert-OH is 1. The van der Waals surface area contributed by atoms with E-state index in [-0.39, 0.29) is 5.56 Å². The van der Waals surface area contributed by atoms with Gasteiger partial charge in [-0.25, -0.2) is 8.78 Å². The summed E-state index contributed by atoms with van der Waals surface area (Å²) in [6.45, 7) is 2.49.